The Morgan fingerprint density at radius 2 is 0.958 bits per heavy atom. The molecule has 0 spiro atoms. The number of carbonyl (C=O) groups excluding carboxylic acids is 6. The van der Waals surface area contributed by atoms with Gasteiger partial charge in [-0.2, -0.15) is 0 Å². The number of hydrogen-bond donors (Lipinski definition) is 4. The molecule has 0 radical (unpaired) electrons. The standard InChI is InChI=1S/C12H18N4O8/c13-5(3-7(15)17)11(21)23-9(19)1-2-10(20)24-12(22)6(14)4-8(16)18/h5-6H,1-4,13-14H2,(H2,15,17)(H2,16,18)/t5-,6-/m0/s1. The average Bonchev–Trinajstić information content (AvgIpc) is 2.43. The van der Waals surface area contributed by atoms with Gasteiger partial charge in [-0.25, -0.2) is 9.59 Å². The second kappa shape index (κ2) is 10.0. The molecule has 0 aromatic rings. The van der Waals surface area contributed by atoms with Crippen molar-refractivity contribution >= 4 is 35.7 Å². The molecular weight excluding hydrogens is 328 g/mol. The molecule has 0 bridgehead atoms. The highest BCUT2D eigenvalue weighted by Gasteiger charge is 2.23. The number of ether oxygens (including phenoxy) is 2. The van der Waals surface area contributed by atoms with Crippen LogP contribution in [0.3, 0.4) is 0 Å². The first-order valence-electron chi connectivity index (χ1n) is 6.59. The molecule has 0 aliphatic heterocycles. The van der Waals surface area contributed by atoms with Gasteiger partial charge in [0.05, 0.1) is 25.7 Å². The maximum atomic E-state index is 11.3. The molecule has 134 valence electrons. The van der Waals surface area contributed by atoms with Crippen LogP contribution in [0.4, 0.5) is 0 Å². The first-order chi connectivity index (χ1) is 11.0. The van der Waals surface area contributed by atoms with Crippen LogP contribution in [0.15, 0.2) is 0 Å². The molecule has 0 fully saturated rings. The maximum absolute atomic E-state index is 11.3. The zero-order valence-corrected chi connectivity index (χ0v) is 12.6. The van der Waals surface area contributed by atoms with Gasteiger partial charge in [0.2, 0.25) is 11.8 Å². The van der Waals surface area contributed by atoms with Gasteiger partial charge >= 0.3 is 23.9 Å². The van der Waals surface area contributed by atoms with E-state index in [0.29, 0.717) is 0 Å². The lowest BCUT2D eigenvalue weighted by Gasteiger charge is -2.09. The van der Waals surface area contributed by atoms with E-state index in [0.717, 1.165) is 0 Å². The molecule has 12 heteroatoms. The third kappa shape index (κ3) is 9.22. The van der Waals surface area contributed by atoms with Crippen LogP contribution in [0.1, 0.15) is 25.7 Å². The number of nitrogens with two attached hydrogens (primary N) is 4. The van der Waals surface area contributed by atoms with Crippen molar-refractivity contribution in [3.63, 3.8) is 0 Å². The molecule has 0 unspecified atom stereocenters. The number of carbonyl (C=O) groups is 6. The first kappa shape index (κ1) is 21.1. The summed E-state index contributed by atoms with van der Waals surface area (Å²) in [5.74, 6) is -6.34. The molecule has 2 atom stereocenters. The van der Waals surface area contributed by atoms with Crippen LogP contribution in [-0.4, -0.2) is 47.8 Å². The van der Waals surface area contributed by atoms with Crippen molar-refractivity contribution in [2.45, 2.75) is 37.8 Å². The van der Waals surface area contributed by atoms with Crippen molar-refractivity contribution in [3.8, 4) is 0 Å². The summed E-state index contributed by atoms with van der Waals surface area (Å²) in [6.07, 6.45) is -2.21. The molecule has 0 saturated heterocycles. The highest BCUT2D eigenvalue weighted by molar-refractivity contribution is 5.94. The van der Waals surface area contributed by atoms with Crippen molar-refractivity contribution in [2.24, 2.45) is 22.9 Å². The zero-order chi connectivity index (χ0) is 18.9. The summed E-state index contributed by atoms with van der Waals surface area (Å²) in [5, 5.41) is 0. The average molecular weight is 346 g/mol. The fourth-order valence-electron chi connectivity index (χ4n) is 1.28. The van der Waals surface area contributed by atoms with E-state index in [1.54, 1.807) is 0 Å². The second-order valence-corrected chi connectivity index (χ2v) is 4.64. The van der Waals surface area contributed by atoms with E-state index in [-0.39, 0.29) is 0 Å². The molecule has 24 heavy (non-hydrogen) atoms. The number of primary amides is 2. The molecule has 0 aliphatic carbocycles. The van der Waals surface area contributed by atoms with Crippen LogP contribution in [0, 0.1) is 0 Å². The third-order valence-corrected chi connectivity index (χ3v) is 2.41. The number of rotatable bonds is 9. The van der Waals surface area contributed by atoms with Crippen molar-refractivity contribution in [2.75, 3.05) is 0 Å². The van der Waals surface area contributed by atoms with Gasteiger partial charge in [0, 0.05) is 0 Å². The van der Waals surface area contributed by atoms with E-state index in [4.69, 9.17) is 22.9 Å². The van der Waals surface area contributed by atoms with Gasteiger partial charge < -0.3 is 32.4 Å². The SMILES string of the molecule is NC(=O)C[C@H](N)C(=O)OC(=O)CCC(=O)OC(=O)[C@@H](N)CC(N)=O. The van der Waals surface area contributed by atoms with Crippen LogP contribution in [0.25, 0.3) is 0 Å². The third-order valence-electron chi connectivity index (χ3n) is 2.41. The van der Waals surface area contributed by atoms with Crippen LogP contribution < -0.4 is 22.9 Å². The second-order valence-electron chi connectivity index (χ2n) is 4.64. The summed E-state index contributed by atoms with van der Waals surface area (Å²) < 4.78 is 8.56. The van der Waals surface area contributed by atoms with E-state index in [9.17, 15) is 28.8 Å². The Morgan fingerprint density at radius 3 is 1.21 bits per heavy atom. The van der Waals surface area contributed by atoms with Gasteiger partial charge in [-0.3, -0.25) is 19.2 Å². The van der Waals surface area contributed by atoms with Crippen LogP contribution in [0.2, 0.25) is 0 Å². The van der Waals surface area contributed by atoms with Gasteiger partial charge in [-0.15, -0.1) is 0 Å². The minimum atomic E-state index is -1.41. The molecule has 0 aliphatic rings. The number of amides is 2. The topological polar surface area (TPSA) is 225 Å². The van der Waals surface area contributed by atoms with E-state index in [2.05, 4.69) is 9.47 Å². The lowest BCUT2D eigenvalue weighted by Crippen LogP contribution is -2.38. The number of esters is 4. The van der Waals surface area contributed by atoms with Crippen molar-refractivity contribution in [3.05, 3.63) is 0 Å². The predicted octanol–water partition coefficient (Wildman–Crippen LogP) is -3.69. The Bertz CT molecular complexity index is 499. The lowest BCUT2D eigenvalue weighted by atomic mass is 10.2. The summed E-state index contributed by atoms with van der Waals surface area (Å²) in [7, 11) is 0. The maximum Gasteiger partial charge on any atom is 0.331 e. The Kier molecular flexibility index (Phi) is 8.82. The fraction of sp³-hybridized carbons (Fsp3) is 0.500. The molecule has 12 nitrogen and oxygen atoms in total. The summed E-state index contributed by atoms with van der Waals surface area (Å²) in [5.41, 5.74) is 20.1. The Morgan fingerprint density at radius 1 is 0.667 bits per heavy atom. The van der Waals surface area contributed by atoms with Gasteiger partial charge in [-0.05, 0) is 0 Å². The van der Waals surface area contributed by atoms with Gasteiger partial charge in [0.25, 0.3) is 0 Å². The molecule has 0 heterocycles. The van der Waals surface area contributed by atoms with Crippen molar-refractivity contribution in [1.29, 1.82) is 0 Å². The normalized spacial score (nSPS) is 12.6. The Balaban J connectivity index is 4.20. The first-order valence-corrected chi connectivity index (χ1v) is 6.59. The van der Waals surface area contributed by atoms with E-state index in [1.807, 2.05) is 0 Å². The molecule has 0 aromatic heterocycles. The van der Waals surface area contributed by atoms with Crippen molar-refractivity contribution in [1.82, 2.24) is 0 Å². The molecule has 0 aromatic carbocycles. The van der Waals surface area contributed by atoms with Crippen LogP contribution >= 0.6 is 0 Å². The van der Waals surface area contributed by atoms with Crippen LogP contribution in [0.5, 0.6) is 0 Å². The van der Waals surface area contributed by atoms with Gasteiger partial charge in [-0.1, -0.05) is 0 Å². The number of hydrogen-bond acceptors (Lipinski definition) is 10. The Labute approximate surface area is 135 Å². The summed E-state index contributed by atoms with van der Waals surface area (Å²) in [6.45, 7) is 0. The zero-order valence-electron chi connectivity index (χ0n) is 12.6. The van der Waals surface area contributed by atoms with Gasteiger partial charge in [0.15, 0.2) is 0 Å². The summed E-state index contributed by atoms with van der Waals surface area (Å²) >= 11 is 0. The monoisotopic (exact) mass is 346 g/mol. The predicted molar refractivity (Wildman–Crippen MR) is 75.0 cm³/mol. The molecular formula is C12H18N4O8. The molecule has 2 amide bonds. The van der Waals surface area contributed by atoms with Crippen LogP contribution in [-0.2, 0) is 38.2 Å². The summed E-state index contributed by atoms with van der Waals surface area (Å²) in [4.78, 5) is 66.3. The fourth-order valence-corrected chi connectivity index (χ4v) is 1.28. The quantitative estimate of drug-likeness (QED) is 0.236. The molecule has 0 saturated carbocycles. The minimum absolute atomic E-state index is 0.513. The highest BCUT2D eigenvalue weighted by Crippen LogP contribution is 2.01. The molecule has 0 rings (SSSR count). The van der Waals surface area contributed by atoms with E-state index in [1.165, 1.54) is 0 Å². The highest BCUT2D eigenvalue weighted by atomic mass is 16.6. The van der Waals surface area contributed by atoms with E-state index >= 15 is 0 Å². The van der Waals surface area contributed by atoms with Crippen molar-refractivity contribution < 1.29 is 38.2 Å². The molecule has 8 N–H and O–H groups in total. The Hall–Kier alpha value is -2.86. The minimum Gasteiger partial charge on any atom is -0.392 e. The van der Waals surface area contributed by atoms with E-state index < -0.39 is 73.5 Å². The smallest absolute Gasteiger partial charge is 0.331 e. The van der Waals surface area contributed by atoms with Gasteiger partial charge in [0.1, 0.15) is 12.1 Å². The largest absolute Gasteiger partial charge is 0.392 e. The lowest BCUT2D eigenvalue weighted by molar-refractivity contribution is -0.166. The summed E-state index contributed by atoms with van der Waals surface area (Å²) in [6, 6.07) is -2.82.